The van der Waals surface area contributed by atoms with Crippen LogP contribution in [0.25, 0.3) is 0 Å². The first-order valence-corrected chi connectivity index (χ1v) is 9.53. The van der Waals surface area contributed by atoms with E-state index in [2.05, 4.69) is 20.6 Å². The monoisotopic (exact) mass is 386 g/mol. The lowest BCUT2D eigenvalue weighted by molar-refractivity contribution is 0.145. The summed E-state index contributed by atoms with van der Waals surface area (Å²) in [7, 11) is 1.65. The number of aliphatic imine (C=N–C) groups is 1. The molecule has 152 valence electrons. The van der Waals surface area contributed by atoms with Crippen molar-refractivity contribution in [1.29, 1.82) is 0 Å². The SMILES string of the molecule is CCOCCCNC(=NCc1ccc(OC)cc1)NCC(O)c1ccncc1. The predicted octanol–water partition coefficient (Wildman–Crippen LogP) is 2.29. The lowest BCUT2D eigenvalue weighted by atomic mass is 10.1. The van der Waals surface area contributed by atoms with E-state index in [0.717, 1.165) is 36.4 Å². The van der Waals surface area contributed by atoms with E-state index < -0.39 is 6.10 Å². The fourth-order valence-electron chi connectivity index (χ4n) is 2.50. The number of hydrogen-bond donors (Lipinski definition) is 3. The first-order chi connectivity index (χ1) is 13.7. The molecular weight excluding hydrogens is 356 g/mol. The van der Waals surface area contributed by atoms with Crippen LogP contribution in [0.5, 0.6) is 5.75 Å². The van der Waals surface area contributed by atoms with Gasteiger partial charge in [0.05, 0.1) is 19.8 Å². The molecule has 0 saturated carbocycles. The van der Waals surface area contributed by atoms with Crippen molar-refractivity contribution in [1.82, 2.24) is 15.6 Å². The number of pyridine rings is 1. The van der Waals surface area contributed by atoms with Crippen LogP contribution in [0.4, 0.5) is 0 Å². The minimum atomic E-state index is -0.639. The summed E-state index contributed by atoms with van der Waals surface area (Å²) < 4.78 is 10.5. The van der Waals surface area contributed by atoms with Crippen molar-refractivity contribution in [3.63, 3.8) is 0 Å². The lowest BCUT2D eigenvalue weighted by Crippen LogP contribution is -2.40. The van der Waals surface area contributed by atoms with Gasteiger partial charge in [-0.1, -0.05) is 12.1 Å². The number of methoxy groups -OCH3 is 1. The highest BCUT2D eigenvalue weighted by Crippen LogP contribution is 2.12. The highest BCUT2D eigenvalue weighted by molar-refractivity contribution is 5.79. The minimum Gasteiger partial charge on any atom is -0.497 e. The van der Waals surface area contributed by atoms with Gasteiger partial charge in [-0.3, -0.25) is 4.98 Å². The molecule has 28 heavy (non-hydrogen) atoms. The quantitative estimate of drug-likeness (QED) is 0.312. The first-order valence-electron chi connectivity index (χ1n) is 9.53. The normalized spacial score (nSPS) is 12.5. The first kappa shape index (κ1) is 21.7. The molecule has 1 aromatic carbocycles. The van der Waals surface area contributed by atoms with Crippen molar-refractivity contribution in [3.8, 4) is 5.75 Å². The van der Waals surface area contributed by atoms with Crippen molar-refractivity contribution >= 4 is 5.96 Å². The second-order valence-electron chi connectivity index (χ2n) is 6.17. The Labute approximate surface area is 166 Å². The number of ether oxygens (including phenoxy) is 2. The Hall–Kier alpha value is -2.64. The molecule has 1 aromatic heterocycles. The van der Waals surface area contributed by atoms with E-state index in [4.69, 9.17) is 9.47 Å². The number of nitrogens with zero attached hydrogens (tertiary/aromatic N) is 2. The Balaban J connectivity index is 1.92. The number of nitrogens with one attached hydrogen (secondary N) is 2. The summed E-state index contributed by atoms with van der Waals surface area (Å²) in [5.41, 5.74) is 1.89. The maximum atomic E-state index is 10.3. The van der Waals surface area contributed by atoms with Crippen molar-refractivity contribution < 1.29 is 14.6 Å². The van der Waals surface area contributed by atoms with Gasteiger partial charge >= 0.3 is 0 Å². The summed E-state index contributed by atoms with van der Waals surface area (Å²) >= 11 is 0. The van der Waals surface area contributed by atoms with Gasteiger partial charge < -0.3 is 25.2 Å². The maximum Gasteiger partial charge on any atom is 0.191 e. The molecule has 3 N–H and O–H groups in total. The summed E-state index contributed by atoms with van der Waals surface area (Å²) in [4.78, 5) is 8.60. The van der Waals surface area contributed by atoms with Crippen LogP contribution < -0.4 is 15.4 Å². The van der Waals surface area contributed by atoms with Gasteiger partial charge in [0.15, 0.2) is 5.96 Å². The summed E-state index contributed by atoms with van der Waals surface area (Å²) in [6.45, 7) is 5.01. The Bertz CT molecular complexity index is 693. The van der Waals surface area contributed by atoms with Gasteiger partial charge in [0.25, 0.3) is 0 Å². The molecule has 0 fully saturated rings. The van der Waals surface area contributed by atoms with Crippen molar-refractivity contribution in [2.45, 2.75) is 26.0 Å². The van der Waals surface area contributed by atoms with Gasteiger partial charge in [-0.25, -0.2) is 4.99 Å². The van der Waals surface area contributed by atoms with Gasteiger partial charge in [-0.15, -0.1) is 0 Å². The van der Waals surface area contributed by atoms with Gasteiger partial charge in [0.2, 0.25) is 0 Å². The van der Waals surface area contributed by atoms with E-state index in [1.807, 2.05) is 31.2 Å². The average Bonchev–Trinajstić information content (AvgIpc) is 2.75. The molecule has 0 bridgehead atoms. The summed E-state index contributed by atoms with van der Waals surface area (Å²) in [5.74, 6) is 1.47. The van der Waals surface area contributed by atoms with Crippen LogP contribution in [0.3, 0.4) is 0 Å². The number of guanidine groups is 1. The van der Waals surface area contributed by atoms with E-state index in [0.29, 0.717) is 25.7 Å². The molecule has 7 nitrogen and oxygen atoms in total. The fraction of sp³-hybridized carbons (Fsp3) is 0.429. The average molecular weight is 386 g/mol. The van der Waals surface area contributed by atoms with Crippen LogP contribution >= 0.6 is 0 Å². The van der Waals surface area contributed by atoms with Gasteiger partial charge in [0.1, 0.15) is 5.75 Å². The highest BCUT2D eigenvalue weighted by Gasteiger charge is 2.08. The highest BCUT2D eigenvalue weighted by atomic mass is 16.5. The molecule has 1 atom stereocenters. The van der Waals surface area contributed by atoms with Crippen molar-refractivity contribution in [3.05, 3.63) is 59.9 Å². The number of hydrogen-bond acceptors (Lipinski definition) is 5. The molecular formula is C21H30N4O3. The van der Waals surface area contributed by atoms with Crippen LogP contribution in [0, 0.1) is 0 Å². The van der Waals surface area contributed by atoms with E-state index in [1.54, 1.807) is 31.6 Å². The maximum absolute atomic E-state index is 10.3. The molecule has 1 unspecified atom stereocenters. The molecule has 0 spiro atoms. The zero-order chi connectivity index (χ0) is 20.0. The van der Waals surface area contributed by atoms with Gasteiger partial charge in [-0.2, -0.15) is 0 Å². The molecule has 0 amide bonds. The predicted molar refractivity (Wildman–Crippen MR) is 110 cm³/mol. The Morgan fingerprint density at radius 3 is 2.57 bits per heavy atom. The number of aliphatic hydroxyl groups is 1. The third-order valence-electron chi connectivity index (χ3n) is 4.09. The second kappa shape index (κ2) is 12.7. The molecule has 1 heterocycles. The standard InChI is InChI=1S/C21H30N4O3/c1-3-28-14-4-11-23-21(24-15-17-5-7-19(27-2)8-6-17)25-16-20(26)18-9-12-22-13-10-18/h5-10,12-13,20,26H,3-4,11,14-16H2,1-2H3,(H2,23,24,25). The smallest absolute Gasteiger partial charge is 0.191 e. The fourth-order valence-corrected chi connectivity index (χ4v) is 2.50. The molecule has 2 aromatic rings. The third kappa shape index (κ3) is 7.94. The second-order valence-corrected chi connectivity index (χ2v) is 6.17. The molecule has 0 aliphatic heterocycles. The zero-order valence-electron chi connectivity index (χ0n) is 16.6. The molecule has 7 heteroatoms. The van der Waals surface area contributed by atoms with Gasteiger partial charge in [0, 0.05) is 38.7 Å². The van der Waals surface area contributed by atoms with E-state index in [1.165, 1.54) is 0 Å². The van der Waals surface area contributed by atoms with Crippen LogP contribution in [0.1, 0.15) is 30.6 Å². The molecule has 0 aliphatic carbocycles. The van der Waals surface area contributed by atoms with Crippen LogP contribution in [-0.2, 0) is 11.3 Å². The Morgan fingerprint density at radius 2 is 1.89 bits per heavy atom. The number of rotatable bonds is 11. The lowest BCUT2D eigenvalue weighted by Gasteiger charge is -2.16. The van der Waals surface area contributed by atoms with Crippen molar-refractivity contribution in [2.24, 2.45) is 4.99 Å². The van der Waals surface area contributed by atoms with Crippen LogP contribution in [0.15, 0.2) is 53.8 Å². The minimum absolute atomic E-state index is 0.351. The molecule has 0 radical (unpaired) electrons. The molecule has 2 rings (SSSR count). The summed E-state index contributed by atoms with van der Waals surface area (Å²) in [6.07, 6.45) is 3.58. The Morgan fingerprint density at radius 1 is 1.14 bits per heavy atom. The van der Waals surface area contributed by atoms with Gasteiger partial charge in [-0.05, 0) is 48.7 Å². The van der Waals surface area contributed by atoms with Crippen LogP contribution in [-0.4, -0.2) is 49.5 Å². The zero-order valence-corrected chi connectivity index (χ0v) is 16.6. The van der Waals surface area contributed by atoms with E-state index in [9.17, 15) is 5.11 Å². The Kier molecular flexibility index (Phi) is 9.82. The number of aliphatic hydroxyl groups excluding tert-OH is 1. The van der Waals surface area contributed by atoms with Crippen LogP contribution in [0.2, 0.25) is 0 Å². The largest absolute Gasteiger partial charge is 0.497 e. The molecule has 0 saturated heterocycles. The number of aromatic nitrogens is 1. The van der Waals surface area contributed by atoms with Crippen molar-refractivity contribution in [2.75, 3.05) is 33.4 Å². The summed E-state index contributed by atoms with van der Waals surface area (Å²) in [5, 5.41) is 16.8. The van der Waals surface area contributed by atoms with E-state index in [-0.39, 0.29) is 0 Å². The topological polar surface area (TPSA) is 88.0 Å². The summed E-state index contributed by atoms with van der Waals surface area (Å²) in [6, 6.07) is 11.4. The molecule has 0 aliphatic rings. The van der Waals surface area contributed by atoms with E-state index >= 15 is 0 Å². The third-order valence-corrected chi connectivity index (χ3v) is 4.09. The number of benzene rings is 1.